The highest BCUT2D eigenvalue weighted by atomic mass is 16.3. The van der Waals surface area contributed by atoms with Crippen molar-refractivity contribution in [1.82, 2.24) is 0 Å². The van der Waals surface area contributed by atoms with E-state index in [1.807, 2.05) is 0 Å². The van der Waals surface area contributed by atoms with Gasteiger partial charge in [0.1, 0.15) is 11.2 Å². The molecule has 0 aliphatic heterocycles. The molecule has 2 heteroatoms. The standard InChI is InChI=1S/C53H37NO/c1-53(2)49-19-11-10-17-43(49)44-28-26-40(31-50(44)53)54(39-24-22-35(23-25-39)38-21-20-34-12-6-7-15-37(34)30-38)41-27-29-45-48-33-47(36-13-4-3-5-14-36)42-16-8-9-18-46(42)52(48)55-51(45)32-41/h3-33H,1-2H3. The quantitative estimate of drug-likeness (QED) is 0.177. The molecule has 2 nitrogen and oxygen atoms in total. The van der Waals surface area contributed by atoms with E-state index in [0.717, 1.165) is 44.4 Å². The van der Waals surface area contributed by atoms with Crippen molar-refractivity contribution in [2.75, 3.05) is 4.90 Å². The zero-order valence-electron chi connectivity index (χ0n) is 30.8. The van der Waals surface area contributed by atoms with Gasteiger partial charge >= 0.3 is 0 Å². The summed E-state index contributed by atoms with van der Waals surface area (Å²) in [7, 11) is 0. The summed E-state index contributed by atoms with van der Waals surface area (Å²) in [5.41, 5.74) is 15.1. The average molecular weight is 704 g/mol. The highest BCUT2D eigenvalue weighted by Crippen LogP contribution is 2.51. The van der Waals surface area contributed by atoms with Gasteiger partial charge in [-0.3, -0.25) is 0 Å². The van der Waals surface area contributed by atoms with E-state index < -0.39 is 0 Å². The van der Waals surface area contributed by atoms with Gasteiger partial charge in [-0.25, -0.2) is 0 Å². The first-order valence-corrected chi connectivity index (χ1v) is 19.1. The number of hydrogen-bond acceptors (Lipinski definition) is 2. The summed E-state index contributed by atoms with van der Waals surface area (Å²) in [4.78, 5) is 2.38. The highest BCUT2D eigenvalue weighted by Gasteiger charge is 2.35. The van der Waals surface area contributed by atoms with E-state index in [9.17, 15) is 0 Å². The van der Waals surface area contributed by atoms with Crippen LogP contribution in [-0.4, -0.2) is 0 Å². The van der Waals surface area contributed by atoms with Crippen molar-refractivity contribution in [2.24, 2.45) is 0 Å². The Balaban J connectivity index is 1.08. The second kappa shape index (κ2) is 12.1. The normalized spacial score (nSPS) is 13.1. The Hall–Kier alpha value is -6.90. The van der Waals surface area contributed by atoms with Crippen LogP contribution in [-0.2, 0) is 5.41 Å². The molecule has 0 fully saturated rings. The topological polar surface area (TPSA) is 16.4 Å². The molecule has 55 heavy (non-hydrogen) atoms. The summed E-state index contributed by atoms with van der Waals surface area (Å²) < 4.78 is 6.85. The third-order valence-electron chi connectivity index (χ3n) is 11.8. The van der Waals surface area contributed by atoms with Crippen molar-refractivity contribution in [2.45, 2.75) is 19.3 Å². The molecule has 0 amide bonds. The fourth-order valence-corrected chi connectivity index (χ4v) is 9.03. The van der Waals surface area contributed by atoms with Crippen molar-refractivity contribution >= 4 is 60.5 Å². The van der Waals surface area contributed by atoms with Crippen molar-refractivity contribution in [3.63, 3.8) is 0 Å². The second-order valence-electron chi connectivity index (χ2n) is 15.3. The molecule has 0 spiro atoms. The van der Waals surface area contributed by atoms with E-state index in [1.54, 1.807) is 0 Å². The van der Waals surface area contributed by atoms with Gasteiger partial charge in [-0.2, -0.15) is 0 Å². The average Bonchev–Trinajstić information content (AvgIpc) is 3.72. The smallest absolute Gasteiger partial charge is 0.143 e. The Labute approximate surface area is 320 Å². The van der Waals surface area contributed by atoms with Gasteiger partial charge in [0.15, 0.2) is 0 Å². The molecule has 0 bridgehead atoms. The van der Waals surface area contributed by atoms with Gasteiger partial charge in [-0.05, 0) is 109 Å². The molecule has 11 rings (SSSR count). The molecule has 0 saturated heterocycles. The summed E-state index contributed by atoms with van der Waals surface area (Å²) in [6.45, 7) is 4.69. The van der Waals surface area contributed by atoms with Gasteiger partial charge in [-0.15, -0.1) is 0 Å². The Kier molecular flexibility index (Phi) is 6.93. The highest BCUT2D eigenvalue weighted by molar-refractivity contribution is 6.19. The first-order valence-electron chi connectivity index (χ1n) is 19.1. The van der Waals surface area contributed by atoms with Crippen LogP contribution in [0.5, 0.6) is 0 Å². The monoisotopic (exact) mass is 703 g/mol. The molecule has 1 heterocycles. The third-order valence-corrected chi connectivity index (χ3v) is 11.8. The van der Waals surface area contributed by atoms with E-state index >= 15 is 0 Å². The number of furan rings is 1. The Morgan fingerprint density at radius 2 is 1.04 bits per heavy atom. The molecule has 0 unspecified atom stereocenters. The van der Waals surface area contributed by atoms with Gasteiger partial charge in [0.25, 0.3) is 0 Å². The van der Waals surface area contributed by atoms with Crippen LogP contribution in [0, 0.1) is 0 Å². The Morgan fingerprint density at radius 3 is 1.89 bits per heavy atom. The van der Waals surface area contributed by atoms with Crippen molar-refractivity contribution < 1.29 is 4.42 Å². The summed E-state index contributed by atoms with van der Waals surface area (Å²) in [6.07, 6.45) is 0. The lowest BCUT2D eigenvalue weighted by atomic mass is 9.82. The van der Waals surface area contributed by atoms with Crippen LogP contribution in [0.25, 0.3) is 76.9 Å². The van der Waals surface area contributed by atoms with Crippen LogP contribution in [0.1, 0.15) is 25.0 Å². The molecule has 0 N–H and O–H groups in total. The van der Waals surface area contributed by atoms with E-state index in [1.165, 1.54) is 60.7 Å². The molecule has 0 saturated carbocycles. The first-order chi connectivity index (χ1) is 27.0. The molecule has 0 radical (unpaired) electrons. The van der Waals surface area contributed by atoms with Crippen molar-refractivity contribution in [3.05, 3.63) is 199 Å². The van der Waals surface area contributed by atoms with Crippen LogP contribution in [0.2, 0.25) is 0 Å². The summed E-state index contributed by atoms with van der Waals surface area (Å²) >= 11 is 0. The maximum atomic E-state index is 6.85. The van der Waals surface area contributed by atoms with Gasteiger partial charge in [0.05, 0.1) is 0 Å². The van der Waals surface area contributed by atoms with Gasteiger partial charge < -0.3 is 9.32 Å². The van der Waals surface area contributed by atoms with Crippen LogP contribution in [0.4, 0.5) is 17.1 Å². The lowest BCUT2D eigenvalue weighted by Crippen LogP contribution is -2.16. The molecule has 260 valence electrons. The molecule has 1 aromatic heterocycles. The number of anilines is 3. The van der Waals surface area contributed by atoms with Crippen LogP contribution in [0.15, 0.2) is 192 Å². The summed E-state index contributed by atoms with van der Waals surface area (Å²) in [6, 6.07) is 68.4. The fraction of sp³-hybridized carbons (Fsp3) is 0.0566. The van der Waals surface area contributed by atoms with E-state index in [2.05, 4.69) is 207 Å². The van der Waals surface area contributed by atoms with E-state index in [0.29, 0.717) is 0 Å². The zero-order chi connectivity index (χ0) is 36.7. The SMILES string of the molecule is CC1(C)c2ccccc2-c2ccc(N(c3ccc(-c4ccc5ccccc5c4)cc3)c3ccc4c(c3)oc3c5ccccc5c(-c5ccccc5)cc43)cc21. The Bertz CT molecular complexity index is 3110. The molecule has 1 aliphatic carbocycles. The van der Waals surface area contributed by atoms with Gasteiger partial charge in [0.2, 0.25) is 0 Å². The molecule has 0 atom stereocenters. The van der Waals surface area contributed by atoms with E-state index in [-0.39, 0.29) is 5.41 Å². The second-order valence-corrected chi connectivity index (χ2v) is 15.3. The number of nitrogens with zero attached hydrogens (tertiary/aromatic N) is 1. The fourth-order valence-electron chi connectivity index (χ4n) is 9.03. The lowest BCUT2D eigenvalue weighted by molar-refractivity contribution is 0.660. The molecule has 1 aliphatic rings. The summed E-state index contributed by atoms with van der Waals surface area (Å²) in [5.74, 6) is 0. The largest absolute Gasteiger partial charge is 0.455 e. The number of hydrogen-bond donors (Lipinski definition) is 0. The number of benzene rings is 9. The van der Waals surface area contributed by atoms with Gasteiger partial charge in [-0.1, -0.05) is 147 Å². The number of fused-ring (bicyclic) bond motifs is 9. The van der Waals surface area contributed by atoms with Crippen molar-refractivity contribution in [1.29, 1.82) is 0 Å². The van der Waals surface area contributed by atoms with Gasteiger partial charge in [0, 0.05) is 44.7 Å². The Morgan fingerprint density at radius 1 is 0.382 bits per heavy atom. The lowest BCUT2D eigenvalue weighted by Gasteiger charge is -2.28. The minimum absolute atomic E-state index is 0.117. The van der Waals surface area contributed by atoms with Crippen LogP contribution < -0.4 is 4.90 Å². The summed E-state index contributed by atoms with van der Waals surface area (Å²) in [5, 5.41) is 7.05. The third kappa shape index (κ3) is 4.95. The number of rotatable bonds is 5. The molecular weight excluding hydrogens is 667 g/mol. The molecular formula is C53H37NO. The minimum atomic E-state index is -0.117. The van der Waals surface area contributed by atoms with Crippen LogP contribution >= 0.6 is 0 Å². The minimum Gasteiger partial charge on any atom is -0.455 e. The van der Waals surface area contributed by atoms with E-state index in [4.69, 9.17) is 4.42 Å². The maximum absolute atomic E-state index is 6.85. The van der Waals surface area contributed by atoms with Crippen LogP contribution in [0.3, 0.4) is 0 Å². The molecule has 9 aromatic carbocycles. The predicted octanol–water partition coefficient (Wildman–Crippen LogP) is 15.0. The zero-order valence-corrected chi connectivity index (χ0v) is 30.8. The van der Waals surface area contributed by atoms with Crippen molar-refractivity contribution in [3.8, 4) is 33.4 Å². The first kappa shape index (κ1) is 31.6. The maximum Gasteiger partial charge on any atom is 0.143 e. The predicted molar refractivity (Wildman–Crippen MR) is 232 cm³/mol. The molecule has 10 aromatic rings.